The topological polar surface area (TPSA) is 59.1 Å². The summed E-state index contributed by atoms with van der Waals surface area (Å²) in [4.78, 5) is 26.7. The molecule has 92 valence electrons. The predicted octanol–water partition coefficient (Wildman–Crippen LogP) is 1.57. The number of hydrogen-bond acceptors (Lipinski definition) is 3. The molecule has 0 saturated carbocycles. The lowest BCUT2D eigenvalue weighted by atomic mass is 9.91. The second-order valence-electron chi connectivity index (χ2n) is 4.71. The van der Waals surface area contributed by atoms with Crippen molar-refractivity contribution in [3.63, 3.8) is 0 Å². The predicted molar refractivity (Wildman–Crippen MR) is 61.0 cm³/mol. The van der Waals surface area contributed by atoms with E-state index in [1.807, 2.05) is 0 Å². The van der Waals surface area contributed by atoms with E-state index in [-0.39, 0.29) is 17.9 Å². The van der Waals surface area contributed by atoms with Gasteiger partial charge in [-0.3, -0.25) is 14.6 Å². The molecule has 5 heteroatoms. The molecule has 1 N–H and O–H groups in total. The monoisotopic (exact) mass is 238 g/mol. The number of aromatic nitrogens is 1. The van der Waals surface area contributed by atoms with E-state index in [4.69, 9.17) is 0 Å². The van der Waals surface area contributed by atoms with Crippen molar-refractivity contribution in [2.75, 3.05) is 6.54 Å². The van der Waals surface area contributed by atoms with E-state index >= 15 is 0 Å². The van der Waals surface area contributed by atoms with E-state index in [2.05, 4.69) is 10.3 Å². The molecule has 1 aromatic rings. The Morgan fingerprint density at radius 1 is 1.41 bits per heavy atom. The highest BCUT2D eigenvalue weighted by Crippen LogP contribution is 2.13. The smallest absolute Gasteiger partial charge is 0.254 e. The van der Waals surface area contributed by atoms with Crippen molar-refractivity contribution in [1.29, 1.82) is 0 Å². The number of nitrogens with one attached hydrogen (secondary N) is 1. The van der Waals surface area contributed by atoms with Gasteiger partial charge < -0.3 is 5.32 Å². The molecule has 0 aliphatic rings. The van der Waals surface area contributed by atoms with Gasteiger partial charge >= 0.3 is 0 Å². The Morgan fingerprint density at radius 3 is 2.59 bits per heavy atom. The van der Waals surface area contributed by atoms with Crippen molar-refractivity contribution < 1.29 is 14.0 Å². The van der Waals surface area contributed by atoms with Crippen LogP contribution in [-0.4, -0.2) is 23.2 Å². The van der Waals surface area contributed by atoms with Gasteiger partial charge in [0.1, 0.15) is 0 Å². The van der Waals surface area contributed by atoms with Gasteiger partial charge in [0, 0.05) is 11.6 Å². The largest absolute Gasteiger partial charge is 0.345 e. The number of Topliss-reactive ketones (excluding diaryl/α,β-unsaturated/α-hetero) is 1. The zero-order valence-corrected chi connectivity index (χ0v) is 10.1. The van der Waals surface area contributed by atoms with Crippen molar-refractivity contribution in [1.82, 2.24) is 10.3 Å². The summed E-state index contributed by atoms with van der Waals surface area (Å²) in [5, 5.41) is 2.39. The van der Waals surface area contributed by atoms with Gasteiger partial charge in [0.25, 0.3) is 5.91 Å². The minimum atomic E-state index is -0.701. The molecule has 0 bridgehead atoms. The number of pyridine rings is 1. The van der Waals surface area contributed by atoms with E-state index in [9.17, 15) is 14.0 Å². The third-order valence-electron chi connectivity index (χ3n) is 2.26. The van der Waals surface area contributed by atoms with Gasteiger partial charge in [-0.25, -0.2) is 4.39 Å². The highest BCUT2D eigenvalue weighted by molar-refractivity contribution is 5.97. The van der Waals surface area contributed by atoms with Crippen molar-refractivity contribution in [3.8, 4) is 0 Å². The lowest BCUT2D eigenvalue weighted by molar-refractivity contribution is -0.125. The molecule has 1 rings (SSSR count). The van der Waals surface area contributed by atoms with Crippen LogP contribution in [0.2, 0.25) is 0 Å². The molecule has 0 spiro atoms. The van der Waals surface area contributed by atoms with Crippen LogP contribution in [0.25, 0.3) is 0 Å². The lowest BCUT2D eigenvalue weighted by Crippen LogP contribution is -2.35. The van der Waals surface area contributed by atoms with Gasteiger partial charge in [-0.1, -0.05) is 20.8 Å². The number of amides is 1. The number of carbonyl (C=O) groups excluding carboxylic acids is 2. The first-order valence-electron chi connectivity index (χ1n) is 5.23. The molecule has 17 heavy (non-hydrogen) atoms. The van der Waals surface area contributed by atoms with Gasteiger partial charge in [-0.2, -0.15) is 0 Å². The molecule has 4 nitrogen and oxygen atoms in total. The van der Waals surface area contributed by atoms with Crippen LogP contribution >= 0.6 is 0 Å². The highest BCUT2D eigenvalue weighted by atomic mass is 19.1. The third-order valence-corrected chi connectivity index (χ3v) is 2.26. The van der Waals surface area contributed by atoms with Gasteiger partial charge in [-0.05, 0) is 6.07 Å². The molecule has 0 fully saturated rings. The minimum Gasteiger partial charge on any atom is -0.345 e. The van der Waals surface area contributed by atoms with Crippen LogP contribution in [0.15, 0.2) is 18.5 Å². The summed E-state index contributed by atoms with van der Waals surface area (Å²) in [7, 11) is 0. The molecule has 0 aromatic carbocycles. The summed E-state index contributed by atoms with van der Waals surface area (Å²) >= 11 is 0. The molecule has 1 aromatic heterocycles. The summed E-state index contributed by atoms with van der Waals surface area (Å²) in [5.41, 5.74) is -0.633. The maximum absolute atomic E-state index is 13.2. The Balaban J connectivity index is 2.63. The molecule has 1 heterocycles. The number of nitrogens with zero attached hydrogens (tertiary/aromatic N) is 1. The number of halogens is 1. The SMILES string of the molecule is CC(C)(C)C(=O)CNC(=O)c1ccncc1F. The number of ketones is 1. The molecular weight excluding hydrogens is 223 g/mol. The second kappa shape index (κ2) is 5.03. The molecule has 0 radical (unpaired) electrons. The Kier molecular flexibility index (Phi) is 3.93. The van der Waals surface area contributed by atoms with Crippen LogP contribution in [0.3, 0.4) is 0 Å². The summed E-state index contributed by atoms with van der Waals surface area (Å²) < 4.78 is 13.2. The standard InChI is InChI=1S/C12H15FN2O2/c1-12(2,3)10(16)7-15-11(17)8-4-5-14-6-9(8)13/h4-6H,7H2,1-3H3,(H,15,17). The normalized spacial score (nSPS) is 11.1. The lowest BCUT2D eigenvalue weighted by Gasteiger charge is -2.16. The molecule has 0 aliphatic carbocycles. The average Bonchev–Trinajstić information content (AvgIpc) is 2.24. The molecule has 0 unspecified atom stereocenters. The number of rotatable bonds is 3. The third kappa shape index (κ3) is 3.62. The Bertz CT molecular complexity index is 438. The zero-order chi connectivity index (χ0) is 13.1. The fraction of sp³-hybridized carbons (Fsp3) is 0.417. The van der Waals surface area contributed by atoms with E-state index < -0.39 is 17.1 Å². The van der Waals surface area contributed by atoms with Crippen LogP contribution in [0.5, 0.6) is 0 Å². The molecule has 0 aliphatic heterocycles. The van der Waals surface area contributed by atoms with Gasteiger partial charge in [-0.15, -0.1) is 0 Å². The first-order valence-corrected chi connectivity index (χ1v) is 5.23. The Morgan fingerprint density at radius 2 is 2.06 bits per heavy atom. The zero-order valence-electron chi connectivity index (χ0n) is 10.1. The fourth-order valence-electron chi connectivity index (χ4n) is 1.08. The van der Waals surface area contributed by atoms with Crippen LogP contribution < -0.4 is 5.32 Å². The Hall–Kier alpha value is -1.78. The van der Waals surface area contributed by atoms with Crippen LogP contribution in [-0.2, 0) is 4.79 Å². The summed E-state index contributed by atoms with van der Waals surface area (Å²) in [6, 6.07) is 1.27. The van der Waals surface area contributed by atoms with Gasteiger partial charge in [0.05, 0.1) is 18.3 Å². The maximum atomic E-state index is 13.2. The Labute approximate surface area is 99.2 Å². The number of carbonyl (C=O) groups is 2. The summed E-state index contributed by atoms with van der Waals surface area (Å²) in [6.45, 7) is 5.17. The van der Waals surface area contributed by atoms with Crippen LogP contribution in [0.1, 0.15) is 31.1 Å². The summed E-state index contributed by atoms with van der Waals surface area (Å²) in [6.07, 6.45) is 2.28. The van der Waals surface area contributed by atoms with E-state index in [0.29, 0.717) is 0 Å². The van der Waals surface area contributed by atoms with Crippen molar-refractivity contribution in [3.05, 3.63) is 29.8 Å². The molecule has 0 atom stereocenters. The van der Waals surface area contributed by atoms with Crippen LogP contribution in [0, 0.1) is 11.2 Å². The molecular formula is C12H15FN2O2. The van der Waals surface area contributed by atoms with Crippen molar-refractivity contribution in [2.45, 2.75) is 20.8 Å². The van der Waals surface area contributed by atoms with Crippen LogP contribution in [0.4, 0.5) is 4.39 Å². The first kappa shape index (κ1) is 13.3. The fourth-order valence-corrected chi connectivity index (χ4v) is 1.08. The van der Waals surface area contributed by atoms with E-state index in [0.717, 1.165) is 6.20 Å². The quantitative estimate of drug-likeness (QED) is 0.869. The van der Waals surface area contributed by atoms with Gasteiger partial charge in [0.2, 0.25) is 0 Å². The molecule has 0 saturated heterocycles. The van der Waals surface area contributed by atoms with Crippen molar-refractivity contribution in [2.24, 2.45) is 5.41 Å². The van der Waals surface area contributed by atoms with Gasteiger partial charge in [0.15, 0.2) is 11.6 Å². The maximum Gasteiger partial charge on any atom is 0.254 e. The number of hydrogen-bond donors (Lipinski definition) is 1. The minimum absolute atomic E-state index is 0.107. The first-order chi connectivity index (χ1) is 7.82. The average molecular weight is 238 g/mol. The van der Waals surface area contributed by atoms with E-state index in [1.54, 1.807) is 20.8 Å². The highest BCUT2D eigenvalue weighted by Gasteiger charge is 2.22. The summed E-state index contributed by atoms with van der Waals surface area (Å²) in [5.74, 6) is -1.42. The second-order valence-corrected chi connectivity index (χ2v) is 4.71. The van der Waals surface area contributed by atoms with Crippen molar-refractivity contribution >= 4 is 11.7 Å². The molecule has 1 amide bonds. The van der Waals surface area contributed by atoms with E-state index in [1.165, 1.54) is 12.3 Å².